The number of carbonyl (C=O) groups is 1. The molecule has 1 atom stereocenters. The van der Waals surface area contributed by atoms with E-state index in [9.17, 15) is 9.18 Å². The van der Waals surface area contributed by atoms with E-state index in [1.165, 1.54) is 12.1 Å². The molecular weight excluding hydrogens is 339 g/mol. The number of hydrogen-bond acceptors (Lipinski definition) is 4. The van der Waals surface area contributed by atoms with Crippen LogP contribution in [0.15, 0.2) is 59.4 Å². The van der Waals surface area contributed by atoms with Crippen molar-refractivity contribution in [2.24, 2.45) is 0 Å². The number of pyridine rings is 1. The number of aromatic nitrogens is 1. The van der Waals surface area contributed by atoms with Crippen molar-refractivity contribution in [1.29, 1.82) is 0 Å². The fraction of sp³-hybridized carbons (Fsp3) is 0.158. The van der Waals surface area contributed by atoms with Gasteiger partial charge in [0.2, 0.25) is 0 Å². The van der Waals surface area contributed by atoms with Crippen LogP contribution in [-0.2, 0) is 11.3 Å². The van der Waals surface area contributed by atoms with E-state index >= 15 is 0 Å². The molecule has 4 nitrogen and oxygen atoms in total. The summed E-state index contributed by atoms with van der Waals surface area (Å²) in [5.74, 6) is -0.734. The summed E-state index contributed by atoms with van der Waals surface area (Å²) in [6.45, 7) is 1.94. The van der Waals surface area contributed by atoms with Crippen LogP contribution in [-0.4, -0.2) is 17.0 Å². The smallest absolute Gasteiger partial charge is 0.261 e. The van der Waals surface area contributed by atoms with Crippen molar-refractivity contribution in [2.75, 3.05) is 0 Å². The molecular formula is C19H17FN2O2S. The maximum absolute atomic E-state index is 13.6. The third-order valence-corrected chi connectivity index (χ3v) is 4.30. The summed E-state index contributed by atoms with van der Waals surface area (Å²) < 4.78 is 19.0. The molecule has 25 heavy (non-hydrogen) atoms. The van der Waals surface area contributed by atoms with E-state index in [1.807, 2.05) is 29.0 Å². The van der Waals surface area contributed by atoms with Crippen LogP contribution in [0.4, 0.5) is 4.39 Å². The molecule has 0 aliphatic rings. The summed E-state index contributed by atoms with van der Waals surface area (Å²) in [6.07, 6.45) is 0.920. The summed E-state index contributed by atoms with van der Waals surface area (Å²) >= 11 is 1.61. The van der Waals surface area contributed by atoms with Crippen LogP contribution in [0.5, 0.6) is 5.75 Å². The van der Waals surface area contributed by atoms with Gasteiger partial charge in [-0.05, 0) is 48.2 Å². The fourth-order valence-electron chi connectivity index (χ4n) is 2.27. The predicted molar refractivity (Wildman–Crippen MR) is 95.9 cm³/mol. The number of nitrogens with zero attached hydrogens (tertiary/aromatic N) is 1. The van der Waals surface area contributed by atoms with Gasteiger partial charge >= 0.3 is 0 Å². The summed E-state index contributed by atoms with van der Waals surface area (Å²) in [5.41, 5.74) is 2.85. The SMILES string of the molecule is CC(Oc1ccccc1F)C(=O)NCc1ccnc(-c2ccsc2)c1. The van der Waals surface area contributed by atoms with Crippen molar-refractivity contribution in [3.63, 3.8) is 0 Å². The zero-order chi connectivity index (χ0) is 17.6. The molecule has 0 spiro atoms. The summed E-state index contributed by atoms with van der Waals surface area (Å²) in [7, 11) is 0. The number of thiophene rings is 1. The predicted octanol–water partition coefficient (Wildman–Crippen LogP) is 4.03. The number of hydrogen-bond donors (Lipinski definition) is 1. The zero-order valence-corrected chi connectivity index (χ0v) is 14.4. The first-order valence-electron chi connectivity index (χ1n) is 7.80. The highest BCUT2D eigenvalue weighted by molar-refractivity contribution is 7.08. The van der Waals surface area contributed by atoms with Crippen LogP contribution in [0.1, 0.15) is 12.5 Å². The monoisotopic (exact) mass is 356 g/mol. The number of carbonyl (C=O) groups excluding carboxylic acids is 1. The Kier molecular flexibility index (Phi) is 5.40. The number of rotatable bonds is 6. The third kappa shape index (κ3) is 4.42. The fourth-order valence-corrected chi connectivity index (χ4v) is 2.92. The lowest BCUT2D eigenvalue weighted by Crippen LogP contribution is -2.36. The van der Waals surface area contributed by atoms with Gasteiger partial charge in [0.1, 0.15) is 0 Å². The van der Waals surface area contributed by atoms with Crippen molar-refractivity contribution < 1.29 is 13.9 Å². The van der Waals surface area contributed by atoms with Crippen LogP contribution < -0.4 is 10.1 Å². The molecule has 0 aliphatic carbocycles. The van der Waals surface area contributed by atoms with E-state index in [0.29, 0.717) is 6.54 Å². The number of nitrogens with one attached hydrogen (secondary N) is 1. The lowest BCUT2D eigenvalue weighted by Gasteiger charge is -2.15. The van der Waals surface area contributed by atoms with E-state index in [-0.39, 0.29) is 11.7 Å². The van der Waals surface area contributed by atoms with E-state index in [1.54, 1.807) is 36.6 Å². The number of ether oxygens (including phenoxy) is 1. The Morgan fingerprint density at radius 3 is 2.92 bits per heavy atom. The Morgan fingerprint density at radius 2 is 2.16 bits per heavy atom. The molecule has 128 valence electrons. The number of halogens is 1. The first-order valence-corrected chi connectivity index (χ1v) is 8.74. The van der Waals surface area contributed by atoms with Crippen LogP contribution in [0.2, 0.25) is 0 Å². The largest absolute Gasteiger partial charge is 0.478 e. The summed E-state index contributed by atoms with van der Waals surface area (Å²) in [6, 6.07) is 11.8. The van der Waals surface area contributed by atoms with Gasteiger partial charge in [-0.15, -0.1) is 0 Å². The van der Waals surface area contributed by atoms with Gasteiger partial charge in [-0.1, -0.05) is 12.1 Å². The molecule has 3 aromatic rings. The quantitative estimate of drug-likeness (QED) is 0.725. The molecule has 6 heteroatoms. The van der Waals surface area contributed by atoms with Gasteiger partial charge < -0.3 is 10.1 Å². The molecule has 0 aliphatic heterocycles. The van der Waals surface area contributed by atoms with Gasteiger partial charge in [-0.3, -0.25) is 9.78 Å². The number of benzene rings is 1. The topological polar surface area (TPSA) is 51.2 Å². The number of para-hydroxylation sites is 1. The minimum atomic E-state index is -0.796. The average molecular weight is 356 g/mol. The molecule has 0 fully saturated rings. The van der Waals surface area contributed by atoms with E-state index in [4.69, 9.17) is 4.74 Å². The van der Waals surface area contributed by atoms with Crippen molar-refractivity contribution in [1.82, 2.24) is 10.3 Å². The molecule has 0 saturated carbocycles. The highest BCUT2D eigenvalue weighted by Crippen LogP contribution is 2.20. The summed E-state index contributed by atoms with van der Waals surface area (Å²) in [5, 5.41) is 6.82. The maximum atomic E-state index is 13.6. The standard InChI is InChI=1S/C19H17FN2O2S/c1-13(24-18-5-3-2-4-16(18)20)19(23)22-11-14-6-8-21-17(10-14)15-7-9-25-12-15/h2-10,12-13H,11H2,1H3,(H,22,23). The van der Waals surface area contributed by atoms with Gasteiger partial charge in [0.25, 0.3) is 5.91 Å². The lowest BCUT2D eigenvalue weighted by molar-refractivity contribution is -0.127. The van der Waals surface area contributed by atoms with Crippen molar-refractivity contribution >= 4 is 17.2 Å². The molecule has 3 rings (SSSR count). The van der Waals surface area contributed by atoms with Gasteiger partial charge in [0, 0.05) is 23.7 Å². The van der Waals surface area contributed by atoms with Gasteiger partial charge in [0.15, 0.2) is 17.7 Å². The van der Waals surface area contributed by atoms with E-state index in [0.717, 1.165) is 16.8 Å². The first kappa shape index (κ1) is 17.1. The van der Waals surface area contributed by atoms with Gasteiger partial charge in [-0.2, -0.15) is 11.3 Å². The Morgan fingerprint density at radius 1 is 1.32 bits per heavy atom. The third-order valence-electron chi connectivity index (χ3n) is 3.62. The second-order valence-corrected chi connectivity index (χ2v) is 6.25. The van der Waals surface area contributed by atoms with Crippen LogP contribution in [0.25, 0.3) is 11.3 Å². The Labute approximate surface area is 149 Å². The van der Waals surface area contributed by atoms with Gasteiger partial charge in [-0.25, -0.2) is 4.39 Å². The van der Waals surface area contributed by atoms with Crippen molar-refractivity contribution in [2.45, 2.75) is 19.6 Å². The molecule has 2 aromatic heterocycles. The van der Waals surface area contributed by atoms with Crippen LogP contribution in [0.3, 0.4) is 0 Å². The molecule has 0 bridgehead atoms. The zero-order valence-electron chi connectivity index (χ0n) is 13.6. The minimum Gasteiger partial charge on any atom is -0.478 e. The van der Waals surface area contributed by atoms with Crippen molar-refractivity contribution in [3.8, 4) is 17.0 Å². The average Bonchev–Trinajstić information content (AvgIpc) is 3.16. The Bertz CT molecular complexity index is 852. The normalized spacial score (nSPS) is 11.8. The van der Waals surface area contributed by atoms with Crippen LogP contribution in [0, 0.1) is 5.82 Å². The van der Waals surface area contributed by atoms with E-state index in [2.05, 4.69) is 10.3 Å². The second-order valence-electron chi connectivity index (χ2n) is 5.47. The molecule has 0 saturated heterocycles. The molecule has 1 aromatic carbocycles. The Hall–Kier alpha value is -2.73. The maximum Gasteiger partial charge on any atom is 0.261 e. The van der Waals surface area contributed by atoms with E-state index < -0.39 is 11.9 Å². The molecule has 2 heterocycles. The molecule has 0 radical (unpaired) electrons. The number of amides is 1. The van der Waals surface area contributed by atoms with Gasteiger partial charge in [0.05, 0.1) is 5.69 Å². The second kappa shape index (κ2) is 7.90. The minimum absolute atomic E-state index is 0.0637. The highest BCUT2D eigenvalue weighted by Gasteiger charge is 2.16. The molecule has 1 amide bonds. The molecule has 1 N–H and O–H groups in total. The Balaban J connectivity index is 1.59. The van der Waals surface area contributed by atoms with Crippen molar-refractivity contribution in [3.05, 3.63) is 70.8 Å². The lowest BCUT2D eigenvalue weighted by atomic mass is 10.1. The first-order chi connectivity index (χ1) is 12.1. The summed E-state index contributed by atoms with van der Waals surface area (Å²) in [4.78, 5) is 16.5. The van der Waals surface area contributed by atoms with Crippen LogP contribution >= 0.6 is 11.3 Å². The highest BCUT2D eigenvalue weighted by atomic mass is 32.1. The molecule has 1 unspecified atom stereocenters.